The van der Waals surface area contributed by atoms with E-state index in [1.165, 1.54) is 0 Å². The highest BCUT2D eigenvalue weighted by Gasteiger charge is 2.36. The SMILES string of the molecule is CC[C@H]1Oc2ccccc2C(=O)N(CC(=O)c2ccc(C)cc2)C1=O. The fourth-order valence-electron chi connectivity index (χ4n) is 2.75. The molecule has 2 aromatic carbocycles. The first-order valence-electron chi connectivity index (χ1n) is 8.22. The van der Waals surface area contributed by atoms with Crippen molar-refractivity contribution in [3.63, 3.8) is 0 Å². The summed E-state index contributed by atoms with van der Waals surface area (Å²) in [7, 11) is 0. The minimum Gasteiger partial charge on any atom is -0.480 e. The quantitative estimate of drug-likeness (QED) is 0.635. The fraction of sp³-hybridized carbons (Fsp3) is 0.250. The monoisotopic (exact) mass is 337 g/mol. The van der Waals surface area contributed by atoms with Crippen molar-refractivity contribution < 1.29 is 19.1 Å². The van der Waals surface area contributed by atoms with E-state index < -0.39 is 17.9 Å². The number of carbonyl (C=O) groups is 3. The van der Waals surface area contributed by atoms with Gasteiger partial charge in [0, 0.05) is 5.56 Å². The highest BCUT2D eigenvalue weighted by molar-refractivity contribution is 6.12. The molecule has 128 valence electrons. The standard InChI is InChI=1S/C20H19NO4/c1-3-17-20(24)21(12-16(22)14-10-8-13(2)9-11-14)19(23)15-6-4-5-7-18(15)25-17/h4-11,17H,3,12H2,1-2H3/t17-/m1/s1. The number of imide groups is 1. The molecule has 3 rings (SSSR count). The van der Waals surface area contributed by atoms with Crippen LogP contribution in [-0.2, 0) is 4.79 Å². The lowest BCUT2D eigenvalue weighted by Gasteiger charge is -2.21. The van der Waals surface area contributed by atoms with Gasteiger partial charge in [-0.2, -0.15) is 0 Å². The normalized spacial score (nSPS) is 16.9. The maximum atomic E-state index is 12.8. The van der Waals surface area contributed by atoms with Gasteiger partial charge in [0.05, 0.1) is 12.1 Å². The Morgan fingerprint density at radius 1 is 1.08 bits per heavy atom. The van der Waals surface area contributed by atoms with Crippen LogP contribution in [0.4, 0.5) is 0 Å². The summed E-state index contributed by atoms with van der Waals surface area (Å²) in [5, 5.41) is 0. The first-order valence-corrected chi connectivity index (χ1v) is 8.22. The molecule has 0 aliphatic carbocycles. The van der Waals surface area contributed by atoms with Crippen LogP contribution in [0.15, 0.2) is 48.5 Å². The van der Waals surface area contributed by atoms with Gasteiger partial charge in [0.15, 0.2) is 11.9 Å². The largest absolute Gasteiger partial charge is 0.480 e. The highest BCUT2D eigenvalue weighted by Crippen LogP contribution is 2.26. The van der Waals surface area contributed by atoms with Crippen molar-refractivity contribution in [3.05, 3.63) is 65.2 Å². The third kappa shape index (κ3) is 3.31. The second-order valence-electron chi connectivity index (χ2n) is 6.03. The highest BCUT2D eigenvalue weighted by atomic mass is 16.5. The van der Waals surface area contributed by atoms with Crippen molar-refractivity contribution >= 4 is 17.6 Å². The maximum absolute atomic E-state index is 12.8. The van der Waals surface area contributed by atoms with Gasteiger partial charge in [-0.05, 0) is 25.5 Å². The molecular weight excluding hydrogens is 318 g/mol. The first-order chi connectivity index (χ1) is 12.0. The predicted molar refractivity (Wildman–Crippen MR) is 92.7 cm³/mol. The Morgan fingerprint density at radius 2 is 1.76 bits per heavy atom. The molecule has 2 amide bonds. The average Bonchev–Trinajstić information content (AvgIpc) is 2.72. The predicted octanol–water partition coefficient (Wildman–Crippen LogP) is 3.02. The summed E-state index contributed by atoms with van der Waals surface area (Å²) in [6.07, 6.45) is -0.367. The Balaban J connectivity index is 1.93. The second kappa shape index (κ2) is 6.89. The van der Waals surface area contributed by atoms with Crippen LogP contribution < -0.4 is 4.74 Å². The van der Waals surface area contributed by atoms with Gasteiger partial charge in [-0.3, -0.25) is 19.3 Å². The number of rotatable bonds is 4. The number of aryl methyl sites for hydroxylation is 1. The average molecular weight is 337 g/mol. The van der Waals surface area contributed by atoms with E-state index in [2.05, 4.69) is 0 Å². The summed E-state index contributed by atoms with van der Waals surface area (Å²) in [5.74, 6) is -0.893. The number of para-hydroxylation sites is 1. The molecule has 1 aliphatic rings. The number of ether oxygens (including phenoxy) is 1. The van der Waals surface area contributed by atoms with E-state index in [9.17, 15) is 14.4 Å². The zero-order chi connectivity index (χ0) is 18.0. The van der Waals surface area contributed by atoms with Crippen molar-refractivity contribution in [2.75, 3.05) is 6.54 Å². The number of Topliss-reactive ketones (excluding diaryl/α,β-unsaturated/α-hetero) is 1. The van der Waals surface area contributed by atoms with E-state index in [-0.39, 0.29) is 12.3 Å². The van der Waals surface area contributed by atoms with Crippen LogP contribution in [0.2, 0.25) is 0 Å². The molecular formula is C20H19NO4. The maximum Gasteiger partial charge on any atom is 0.270 e. The molecule has 1 heterocycles. The number of ketones is 1. The van der Waals surface area contributed by atoms with E-state index >= 15 is 0 Å². The molecule has 0 aromatic heterocycles. The van der Waals surface area contributed by atoms with Crippen LogP contribution in [0, 0.1) is 6.92 Å². The number of amides is 2. The van der Waals surface area contributed by atoms with Crippen molar-refractivity contribution in [1.29, 1.82) is 0 Å². The molecule has 0 saturated heterocycles. The number of carbonyl (C=O) groups excluding carboxylic acids is 3. The Labute approximate surface area is 146 Å². The molecule has 2 aromatic rings. The summed E-state index contributed by atoms with van der Waals surface area (Å²) < 4.78 is 5.70. The number of benzene rings is 2. The number of hydrogen-bond acceptors (Lipinski definition) is 4. The fourth-order valence-corrected chi connectivity index (χ4v) is 2.75. The van der Waals surface area contributed by atoms with Crippen LogP contribution in [-0.4, -0.2) is 35.1 Å². The van der Waals surface area contributed by atoms with Crippen LogP contribution in [0.5, 0.6) is 5.75 Å². The van der Waals surface area contributed by atoms with Gasteiger partial charge in [-0.1, -0.05) is 48.9 Å². The summed E-state index contributed by atoms with van der Waals surface area (Å²) in [6.45, 7) is 3.44. The summed E-state index contributed by atoms with van der Waals surface area (Å²) >= 11 is 0. The number of fused-ring (bicyclic) bond motifs is 1. The van der Waals surface area contributed by atoms with Gasteiger partial charge in [0.25, 0.3) is 11.8 Å². The van der Waals surface area contributed by atoms with Gasteiger partial charge in [0.1, 0.15) is 5.75 Å². The minimum absolute atomic E-state index is 0.282. The lowest BCUT2D eigenvalue weighted by atomic mass is 10.1. The second-order valence-corrected chi connectivity index (χ2v) is 6.03. The summed E-state index contributed by atoms with van der Waals surface area (Å²) in [6, 6.07) is 13.8. The minimum atomic E-state index is -0.779. The molecule has 0 unspecified atom stereocenters. The van der Waals surface area contributed by atoms with Crippen molar-refractivity contribution in [1.82, 2.24) is 4.90 Å². The Hall–Kier alpha value is -2.95. The van der Waals surface area contributed by atoms with Gasteiger partial charge in [-0.25, -0.2) is 0 Å². The molecule has 25 heavy (non-hydrogen) atoms. The summed E-state index contributed by atoms with van der Waals surface area (Å²) in [4.78, 5) is 39.1. The lowest BCUT2D eigenvalue weighted by molar-refractivity contribution is -0.135. The molecule has 0 saturated carbocycles. The van der Waals surface area contributed by atoms with E-state index in [0.717, 1.165) is 10.5 Å². The Kier molecular flexibility index (Phi) is 4.65. The molecule has 1 aliphatic heterocycles. The third-order valence-electron chi connectivity index (χ3n) is 4.22. The summed E-state index contributed by atoms with van der Waals surface area (Å²) in [5.41, 5.74) is 1.80. The van der Waals surface area contributed by atoms with Crippen LogP contribution in [0.3, 0.4) is 0 Å². The smallest absolute Gasteiger partial charge is 0.270 e. The first kappa shape index (κ1) is 16.9. The molecule has 1 atom stereocenters. The zero-order valence-electron chi connectivity index (χ0n) is 14.2. The topological polar surface area (TPSA) is 63.7 Å². The van der Waals surface area contributed by atoms with Gasteiger partial charge < -0.3 is 4.74 Å². The molecule has 5 nitrogen and oxygen atoms in total. The molecule has 0 spiro atoms. The molecule has 0 N–H and O–H groups in total. The van der Waals surface area contributed by atoms with E-state index in [4.69, 9.17) is 4.74 Å². The van der Waals surface area contributed by atoms with Crippen LogP contribution >= 0.6 is 0 Å². The van der Waals surface area contributed by atoms with Crippen molar-refractivity contribution in [2.24, 2.45) is 0 Å². The lowest BCUT2D eigenvalue weighted by Crippen LogP contribution is -2.45. The Bertz CT molecular complexity index is 826. The number of nitrogens with zero attached hydrogens (tertiary/aromatic N) is 1. The van der Waals surface area contributed by atoms with E-state index in [1.54, 1.807) is 43.3 Å². The van der Waals surface area contributed by atoms with Gasteiger partial charge >= 0.3 is 0 Å². The third-order valence-corrected chi connectivity index (χ3v) is 4.22. The van der Waals surface area contributed by atoms with E-state index in [0.29, 0.717) is 23.3 Å². The van der Waals surface area contributed by atoms with Gasteiger partial charge in [-0.15, -0.1) is 0 Å². The molecule has 0 bridgehead atoms. The zero-order valence-corrected chi connectivity index (χ0v) is 14.2. The van der Waals surface area contributed by atoms with E-state index in [1.807, 2.05) is 19.1 Å². The Morgan fingerprint density at radius 3 is 2.44 bits per heavy atom. The van der Waals surface area contributed by atoms with Crippen LogP contribution in [0.1, 0.15) is 39.6 Å². The van der Waals surface area contributed by atoms with Crippen LogP contribution in [0.25, 0.3) is 0 Å². The van der Waals surface area contributed by atoms with Crippen molar-refractivity contribution in [3.8, 4) is 5.75 Å². The molecule has 0 radical (unpaired) electrons. The number of hydrogen-bond donors (Lipinski definition) is 0. The van der Waals surface area contributed by atoms with Crippen molar-refractivity contribution in [2.45, 2.75) is 26.4 Å². The molecule has 5 heteroatoms. The molecule has 0 fully saturated rings. The van der Waals surface area contributed by atoms with Gasteiger partial charge in [0.2, 0.25) is 0 Å².